The van der Waals surface area contributed by atoms with Crippen molar-refractivity contribution >= 4 is 11.8 Å². The number of aryl methyl sites for hydroxylation is 1. The van der Waals surface area contributed by atoms with E-state index in [4.69, 9.17) is 0 Å². The van der Waals surface area contributed by atoms with Crippen LogP contribution in [0.2, 0.25) is 0 Å². The normalized spacial score (nSPS) is 18.8. The Morgan fingerprint density at radius 2 is 1.78 bits per heavy atom. The van der Waals surface area contributed by atoms with Crippen LogP contribution in [0, 0.1) is 0 Å². The van der Waals surface area contributed by atoms with Gasteiger partial charge in [0, 0.05) is 19.5 Å². The van der Waals surface area contributed by atoms with E-state index in [9.17, 15) is 9.59 Å². The number of hydrogen-bond donors (Lipinski definition) is 0. The first-order chi connectivity index (χ1) is 13.2. The van der Waals surface area contributed by atoms with Crippen LogP contribution >= 0.6 is 0 Å². The van der Waals surface area contributed by atoms with Crippen LogP contribution in [-0.4, -0.2) is 41.2 Å². The van der Waals surface area contributed by atoms with Crippen molar-refractivity contribution in [2.24, 2.45) is 0 Å². The van der Waals surface area contributed by atoms with E-state index in [1.807, 2.05) is 29.2 Å². The van der Waals surface area contributed by atoms with Crippen molar-refractivity contribution in [2.75, 3.05) is 19.6 Å². The van der Waals surface area contributed by atoms with Crippen molar-refractivity contribution in [1.29, 1.82) is 0 Å². The van der Waals surface area contributed by atoms with Gasteiger partial charge in [0.2, 0.25) is 11.8 Å². The molecule has 0 aromatic heterocycles. The molecule has 1 atom stereocenters. The average Bonchev–Trinajstić information content (AvgIpc) is 2.71. The summed E-state index contributed by atoms with van der Waals surface area (Å²) >= 11 is 0. The lowest BCUT2D eigenvalue weighted by atomic mass is 9.90. The fourth-order valence-electron chi connectivity index (χ4n) is 4.27. The molecule has 4 heteroatoms. The summed E-state index contributed by atoms with van der Waals surface area (Å²) in [5.41, 5.74) is 3.83. The molecule has 0 aliphatic carbocycles. The highest BCUT2D eigenvalue weighted by Crippen LogP contribution is 2.33. The molecule has 1 saturated heterocycles. The Morgan fingerprint density at radius 3 is 2.63 bits per heavy atom. The molecule has 0 N–H and O–H groups in total. The molecule has 2 amide bonds. The fourth-order valence-corrected chi connectivity index (χ4v) is 4.27. The van der Waals surface area contributed by atoms with E-state index in [0.29, 0.717) is 13.0 Å². The summed E-state index contributed by atoms with van der Waals surface area (Å²) in [7, 11) is 0. The first-order valence-corrected chi connectivity index (χ1v) is 9.91. The number of piperazine rings is 1. The van der Waals surface area contributed by atoms with Crippen LogP contribution in [0.4, 0.5) is 0 Å². The maximum absolute atomic E-state index is 12.7. The summed E-state index contributed by atoms with van der Waals surface area (Å²) in [6, 6.07) is 18.7. The topological polar surface area (TPSA) is 40.6 Å². The van der Waals surface area contributed by atoms with Crippen LogP contribution < -0.4 is 0 Å². The number of carbonyl (C=O) groups excluding carboxylic acids is 2. The van der Waals surface area contributed by atoms with Crippen LogP contribution in [0.1, 0.15) is 42.0 Å². The van der Waals surface area contributed by atoms with Crippen LogP contribution in [0.3, 0.4) is 0 Å². The lowest BCUT2D eigenvalue weighted by Crippen LogP contribution is -2.55. The van der Waals surface area contributed by atoms with Crippen LogP contribution in [-0.2, 0) is 22.4 Å². The van der Waals surface area contributed by atoms with Crippen LogP contribution in [0.25, 0.3) is 0 Å². The van der Waals surface area contributed by atoms with Gasteiger partial charge in [0.05, 0.1) is 12.6 Å². The lowest BCUT2D eigenvalue weighted by Gasteiger charge is -2.44. The monoisotopic (exact) mass is 362 g/mol. The lowest BCUT2D eigenvalue weighted by molar-refractivity contribution is -0.149. The van der Waals surface area contributed by atoms with Crippen LogP contribution in [0.5, 0.6) is 0 Å². The van der Waals surface area contributed by atoms with Crippen molar-refractivity contribution in [3.8, 4) is 0 Å². The Bertz CT molecular complexity index is 818. The molecule has 0 radical (unpaired) electrons. The van der Waals surface area contributed by atoms with Crippen molar-refractivity contribution in [3.63, 3.8) is 0 Å². The van der Waals surface area contributed by atoms with Crippen molar-refractivity contribution in [3.05, 3.63) is 71.3 Å². The Balaban J connectivity index is 1.34. The van der Waals surface area contributed by atoms with Gasteiger partial charge in [-0.1, -0.05) is 54.6 Å². The summed E-state index contributed by atoms with van der Waals surface area (Å²) in [6.45, 7) is 1.62. The van der Waals surface area contributed by atoms with Gasteiger partial charge in [0.15, 0.2) is 0 Å². The number of unbranched alkanes of at least 4 members (excludes halogenated alkanes) is 1. The summed E-state index contributed by atoms with van der Waals surface area (Å²) in [4.78, 5) is 29.0. The van der Waals surface area contributed by atoms with Gasteiger partial charge in [-0.2, -0.15) is 0 Å². The second kappa shape index (κ2) is 7.95. The van der Waals surface area contributed by atoms with Gasteiger partial charge in [-0.3, -0.25) is 9.59 Å². The smallest absolute Gasteiger partial charge is 0.242 e. The predicted molar refractivity (Wildman–Crippen MR) is 105 cm³/mol. The maximum atomic E-state index is 12.7. The van der Waals surface area contributed by atoms with E-state index in [-0.39, 0.29) is 24.4 Å². The van der Waals surface area contributed by atoms with Gasteiger partial charge >= 0.3 is 0 Å². The zero-order chi connectivity index (χ0) is 18.6. The van der Waals surface area contributed by atoms with E-state index >= 15 is 0 Å². The number of nitrogens with zero attached hydrogens (tertiary/aromatic N) is 2. The van der Waals surface area contributed by atoms with Gasteiger partial charge in [0.25, 0.3) is 0 Å². The SMILES string of the molecule is O=C(CCCCc1ccccc1)N1CC(=O)N2CCc3ccccc3C2C1. The number of fused-ring (bicyclic) bond motifs is 3. The standard InChI is InChI=1S/C23H26N2O2/c26-22(13-7-4-10-18-8-2-1-3-9-18)24-16-21-20-12-6-5-11-19(20)14-15-25(21)23(27)17-24/h1-3,5-6,8-9,11-12,21H,4,7,10,13-17H2. The third kappa shape index (κ3) is 3.90. The molecule has 2 heterocycles. The molecule has 4 nitrogen and oxygen atoms in total. The third-order valence-corrected chi connectivity index (χ3v) is 5.75. The predicted octanol–water partition coefficient (Wildman–Crippen LogP) is 3.37. The first-order valence-electron chi connectivity index (χ1n) is 9.91. The third-order valence-electron chi connectivity index (χ3n) is 5.75. The molecule has 140 valence electrons. The van der Waals surface area contributed by atoms with E-state index in [1.54, 1.807) is 4.90 Å². The van der Waals surface area contributed by atoms with Gasteiger partial charge in [0.1, 0.15) is 0 Å². The summed E-state index contributed by atoms with van der Waals surface area (Å²) in [5, 5.41) is 0. The quantitative estimate of drug-likeness (QED) is 0.765. The molecule has 0 bridgehead atoms. The average molecular weight is 362 g/mol. The van der Waals surface area contributed by atoms with Crippen LogP contribution in [0.15, 0.2) is 54.6 Å². The number of hydrogen-bond acceptors (Lipinski definition) is 2. The van der Waals surface area contributed by atoms with Crippen molar-refractivity contribution in [1.82, 2.24) is 9.80 Å². The molecule has 27 heavy (non-hydrogen) atoms. The largest absolute Gasteiger partial charge is 0.332 e. The zero-order valence-corrected chi connectivity index (χ0v) is 15.6. The Morgan fingerprint density at radius 1 is 1.00 bits per heavy atom. The molecule has 2 aromatic carbocycles. The Labute approximate surface area is 160 Å². The molecule has 0 spiro atoms. The number of benzene rings is 2. The maximum Gasteiger partial charge on any atom is 0.242 e. The van der Waals surface area contributed by atoms with E-state index in [0.717, 1.165) is 32.2 Å². The highest BCUT2D eigenvalue weighted by molar-refractivity contribution is 5.86. The molecule has 0 saturated carbocycles. The minimum atomic E-state index is 0.0180. The van der Waals surface area contributed by atoms with E-state index in [2.05, 4.69) is 30.3 Å². The summed E-state index contributed by atoms with van der Waals surface area (Å²) in [6.07, 6.45) is 4.29. The fraction of sp³-hybridized carbons (Fsp3) is 0.391. The van der Waals surface area contributed by atoms with E-state index < -0.39 is 0 Å². The molecule has 2 aromatic rings. The number of amides is 2. The van der Waals surface area contributed by atoms with Gasteiger partial charge in [-0.15, -0.1) is 0 Å². The minimum Gasteiger partial charge on any atom is -0.332 e. The zero-order valence-electron chi connectivity index (χ0n) is 15.6. The summed E-state index contributed by atoms with van der Waals surface area (Å²) in [5.74, 6) is 0.192. The van der Waals surface area contributed by atoms with Crippen molar-refractivity contribution < 1.29 is 9.59 Å². The summed E-state index contributed by atoms with van der Waals surface area (Å²) < 4.78 is 0. The number of rotatable bonds is 5. The van der Waals surface area contributed by atoms with Gasteiger partial charge < -0.3 is 9.80 Å². The number of carbonyl (C=O) groups is 2. The molecule has 1 fully saturated rings. The first kappa shape index (κ1) is 17.8. The molecule has 2 aliphatic heterocycles. The molecule has 1 unspecified atom stereocenters. The van der Waals surface area contributed by atoms with E-state index in [1.165, 1.54) is 16.7 Å². The molecular weight excluding hydrogens is 336 g/mol. The molecule has 4 rings (SSSR count). The van der Waals surface area contributed by atoms with Crippen molar-refractivity contribution in [2.45, 2.75) is 38.1 Å². The highest BCUT2D eigenvalue weighted by atomic mass is 16.2. The minimum absolute atomic E-state index is 0.0180. The molecular formula is C23H26N2O2. The van der Waals surface area contributed by atoms with Gasteiger partial charge in [-0.25, -0.2) is 0 Å². The highest BCUT2D eigenvalue weighted by Gasteiger charge is 2.38. The second-order valence-corrected chi connectivity index (χ2v) is 7.52. The Hall–Kier alpha value is -2.62. The van der Waals surface area contributed by atoms with Gasteiger partial charge in [-0.05, 0) is 42.4 Å². The Kier molecular flexibility index (Phi) is 5.23. The molecule has 2 aliphatic rings. The second-order valence-electron chi connectivity index (χ2n) is 7.52.